The third-order valence-electron chi connectivity index (χ3n) is 3.59. The van der Waals surface area contributed by atoms with E-state index in [1.54, 1.807) is 13.0 Å². The Balaban J connectivity index is 2.79. The Kier molecular flexibility index (Phi) is 8.84. The van der Waals surface area contributed by atoms with Crippen molar-refractivity contribution in [1.29, 1.82) is 0 Å². The van der Waals surface area contributed by atoms with Crippen molar-refractivity contribution < 1.29 is 23.1 Å². The minimum absolute atomic E-state index is 0.0356. The molecule has 0 aromatic heterocycles. The molecule has 0 aliphatic rings. The predicted molar refractivity (Wildman–Crippen MR) is 100.0 cm³/mol. The molecule has 0 heterocycles. The first-order valence-corrected chi connectivity index (χ1v) is 10.4. The van der Waals surface area contributed by atoms with Crippen LogP contribution in [0.2, 0.25) is 0 Å². The standard InChI is InChI=1S/C16H25BrN2O5S/c1-4-25(22,23)19(3)11-16(21)18-12(2)14-7-6-13(17)10-15(14)24-9-5-8-20/h6-7,10,12,20H,4-5,8-9,11H2,1-3H3,(H,18,21)/t12-/m1/s1. The predicted octanol–water partition coefficient (Wildman–Crippen LogP) is 1.67. The first-order valence-electron chi connectivity index (χ1n) is 7.97. The second-order valence-corrected chi connectivity index (χ2v) is 8.83. The Morgan fingerprint density at radius 2 is 2.12 bits per heavy atom. The molecule has 2 N–H and O–H groups in total. The number of aliphatic hydroxyl groups is 1. The number of carbonyl (C=O) groups excluding carboxylic acids is 1. The number of nitrogens with zero attached hydrogens (tertiary/aromatic N) is 1. The van der Waals surface area contributed by atoms with Crippen LogP contribution in [0.25, 0.3) is 0 Å². The smallest absolute Gasteiger partial charge is 0.235 e. The summed E-state index contributed by atoms with van der Waals surface area (Å²) in [5.74, 6) is 0.156. The lowest BCUT2D eigenvalue weighted by atomic mass is 10.1. The number of amides is 1. The second-order valence-electron chi connectivity index (χ2n) is 5.55. The lowest BCUT2D eigenvalue weighted by molar-refractivity contribution is -0.121. The van der Waals surface area contributed by atoms with Crippen molar-refractivity contribution in [3.63, 3.8) is 0 Å². The van der Waals surface area contributed by atoms with Gasteiger partial charge in [0.2, 0.25) is 15.9 Å². The fraction of sp³-hybridized carbons (Fsp3) is 0.562. The molecule has 0 aliphatic heterocycles. The zero-order valence-electron chi connectivity index (χ0n) is 14.7. The van der Waals surface area contributed by atoms with Crippen molar-refractivity contribution >= 4 is 31.9 Å². The lowest BCUT2D eigenvalue weighted by Gasteiger charge is -2.21. The van der Waals surface area contributed by atoms with E-state index in [0.717, 1.165) is 14.3 Å². The van der Waals surface area contributed by atoms with E-state index in [1.165, 1.54) is 14.0 Å². The van der Waals surface area contributed by atoms with Crippen LogP contribution >= 0.6 is 15.9 Å². The molecule has 1 aromatic carbocycles. The fourth-order valence-electron chi connectivity index (χ4n) is 2.12. The number of hydrogen-bond donors (Lipinski definition) is 2. The van der Waals surface area contributed by atoms with E-state index < -0.39 is 15.9 Å². The molecule has 0 radical (unpaired) electrons. The summed E-state index contributed by atoms with van der Waals surface area (Å²) in [4.78, 5) is 12.1. The number of likely N-dealkylation sites (N-methyl/N-ethyl adjacent to an activating group) is 1. The van der Waals surface area contributed by atoms with Gasteiger partial charge in [-0.1, -0.05) is 22.0 Å². The molecule has 0 unspecified atom stereocenters. The van der Waals surface area contributed by atoms with Crippen molar-refractivity contribution in [3.05, 3.63) is 28.2 Å². The molecule has 0 fully saturated rings. The average Bonchev–Trinajstić information content (AvgIpc) is 2.54. The topological polar surface area (TPSA) is 95.9 Å². The number of hydrogen-bond acceptors (Lipinski definition) is 5. The zero-order chi connectivity index (χ0) is 19.0. The van der Waals surface area contributed by atoms with E-state index in [0.29, 0.717) is 18.8 Å². The summed E-state index contributed by atoms with van der Waals surface area (Å²) in [5.41, 5.74) is 0.774. The Morgan fingerprint density at radius 3 is 2.72 bits per heavy atom. The number of nitrogens with one attached hydrogen (secondary N) is 1. The van der Waals surface area contributed by atoms with Crippen LogP contribution < -0.4 is 10.1 Å². The Bertz CT molecular complexity index is 681. The number of benzene rings is 1. The Morgan fingerprint density at radius 1 is 1.44 bits per heavy atom. The van der Waals surface area contributed by atoms with Crippen molar-refractivity contribution in [2.75, 3.05) is 32.6 Å². The molecular weight excluding hydrogens is 412 g/mol. The summed E-state index contributed by atoms with van der Waals surface area (Å²) in [7, 11) is -2.02. The van der Waals surface area contributed by atoms with Gasteiger partial charge in [0.25, 0.3) is 0 Å². The van der Waals surface area contributed by atoms with Gasteiger partial charge in [0.1, 0.15) is 5.75 Å². The van der Waals surface area contributed by atoms with Crippen molar-refractivity contribution in [2.45, 2.75) is 26.3 Å². The summed E-state index contributed by atoms with van der Waals surface area (Å²) < 4.78 is 31.0. The number of sulfonamides is 1. The van der Waals surface area contributed by atoms with Crippen LogP contribution in [-0.4, -0.2) is 56.3 Å². The van der Waals surface area contributed by atoms with E-state index >= 15 is 0 Å². The Labute approximate surface area is 157 Å². The summed E-state index contributed by atoms with van der Waals surface area (Å²) in [6, 6.07) is 5.10. The minimum Gasteiger partial charge on any atom is -0.493 e. The molecule has 0 saturated heterocycles. The van der Waals surface area contributed by atoms with Crippen molar-refractivity contribution in [1.82, 2.24) is 9.62 Å². The monoisotopic (exact) mass is 436 g/mol. The second kappa shape index (κ2) is 10.1. The van der Waals surface area contributed by atoms with Crippen molar-refractivity contribution in [3.8, 4) is 5.75 Å². The Hall–Kier alpha value is -1.16. The van der Waals surface area contributed by atoms with Gasteiger partial charge in [0, 0.05) is 30.1 Å². The first-order chi connectivity index (χ1) is 11.7. The zero-order valence-corrected chi connectivity index (χ0v) is 17.1. The van der Waals surface area contributed by atoms with Crippen LogP contribution in [0.4, 0.5) is 0 Å². The number of rotatable bonds is 10. The maximum absolute atomic E-state index is 12.1. The van der Waals surface area contributed by atoms with Gasteiger partial charge in [-0.05, 0) is 26.0 Å². The molecule has 0 saturated carbocycles. The first kappa shape index (κ1) is 21.9. The maximum Gasteiger partial charge on any atom is 0.235 e. The SMILES string of the molecule is CCS(=O)(=O)N(C)CC(=O)N[C@H](C)c1ccc(Br)cc1OCCCO. The van der Waals surface area contributed by atoms with E-state index in [4.69, 9.17) is 9.84 Å². The van der Waals surface area contributed by atoms with Crippen molar-refractivity contribution in [2.24, 2.45) is 0 Å². The van der Waals surface area contributed by atoms with Gasteiger partial charge < -0.3 is 15.2 Å². The summed E-state index contributed by atoms with van der Waals surface area (Å²) in [6.45, 7) is 3.49. The highest BCUT2D eigenvalue weighted by atomic mass is 79.9. The van der Waals surface area contributed by atoms with Gasteiger partial charge in [-0.25, -0.2) is 8.42 Å². The van der Waals surface area contributed by atoms with Crippen LogP contribution in [0.1, 0.15) is 31.9 Å². The highest BCUT2D eigenvalue weighted by Gasteiger charge is 2.20. The summed E-state index contributed by atoms with van der Waals surface area (Å²) in [6.07, 6.45) is 0.506. The third-order valence-corrected chi connectivity index (χ3v) is 5.89. The third kappa shape index (κ3) is 6.93. The largest absolute Gasteiger partial charge is 0.493 e. The van der Waals surface area contributed by atoms with Crippen LogP contribution in [0.3, 0.4) is 0 Å². The molecule has 0 aliphatic carbocycles. The fourth-order valence-corrected chi connectivity index (χ4v) is 3.22. The van der Waals surface area contributed by atoms with Gasteiger partial charge in [0.15, 0.2) is 0 Å². The number of aliphatic hydroxyl groups excluding tert-OH is 1. The van der Waals surface area contributed by atoms with E-state index in [1.807, 2.05) is 12.1 Å². The summed E-state index contributed by atoms with van der Waals surface area (Å²) in [5, 5.41) is 11.7. The number of halogens is 1. The lowest BCUT2D eigenvalue weighted by Crippen LogP contribution is -2.39. The molecule has 1 aromatic rings. The molecule has 1 rings (SSSR count). The quantitative estimate of drug-likeness (QED) is 0.543. The highest BCUT2D eigenvalue weighted by molar-refractivity contribution is 9.10. The van der Waals surface area contributed by atoms with Crippen LogP contribution in [-0.2, 0) is 14.8 Å². The van der Waals surface area contributed by atoms with Gasteiger partial charge in [-0.3, -0.25) is 4.79 Å². The van der Waals surface area contributed by atoms with E-state index in [2.05, 4.69) is 21.2 Å². The van der Waals surface area contributed by atoms with Crippen LogP contribution in [0.5, 0.6) is 5.75 Å². The van der Waals surface area contributed by atoms with E-state index in [-0.39, 0.29) is 24.9 Å². The summed E-state index contributed by atoms with van der Waals surface area (Å²) >= 11 is 3.38. The van der Waals surface area contributed by atoms with Crippen LogP contribution in [0, 0.1) is 0 Å². The molecular formula is C16H25BrN2O5S. The molecule has 0 bridgehead atoms. The number of ether oxygens (including phenoxy) is 1. The number of carbonyl (C=O) groups is 1. The highest BCUT2D eigenvalue weighted by Crippen LogP contribution is 2.29. The van der Waals surface area contributed by atoms with Gasteiger partial charge >= 0.3 is 0 Å². The molecule has 1 amide bonds. The molecule has 25 heavy (non-hydrogen) atoms. The van der Waals surface area contributed by atoms with Gasteiger partial charge in [-0.2, -0.15) is 4.31 Å². The maximum atomic E-state index is 12.1. The van der Waals surface area contributed by atoms with Gasteiger partial charge in [-0.15, -0.1) is 0 Å². The minimum atomic E-state index is -3.40. The van der Waals surface area contributed by atoms with Gasteiger partial charge in [0.05, 0.1) is 24.9 Å². The normalized spacial score (nSPS) is 12.9. The molecule has 9 heteroatoms. The van der Waals surface area contributed by atoms with E-state index in [9.17, 15) is 13.2 Å². The molecule has 1 atom stereocenters. The average molecular weight is 437 g/mol. The molecule has 0 spiro atoms. The molecule has 7 nitrogen and oxygen atoms in total. The van der Waals surface area contributed by atoms with Crippen LogP contribution in [0.15, 0.2) is 22.7 Å². The molecule has 142 valence electrons.